The Hall–Kier alpha value is -1.98. The average Bonchev–Trinajstić information content (AvgIpc) is 3.30. The first-order valence-electron chi connectivity index (χ1n) is 7.47. The molecule has 1 heterocycles. The third kappa shape index (κ3) is 2.69. The van der Waals surface area contributed by atoms with Crippen molar-refractivity contribution in [3.63, 3.8) is 0 Å². The molecule has 0 radical (unpaired) electrons. The van der Waals surface area contributed by atoms with Crippen molar-refractivity contribution in [1.29, 1.82) is 0 Å². The normalized spacial score (nSPS) is 27.5. The number of halogens is 2. The van der Waals surface area contributed by atoms with Gasteiger partial charge in [0, 0.05) is 12.5 Å². The fourth-order valence-electron chi connectivity index (χ4n) is 3.24. The number of benzene rings is 1. The van der Waals surface area contributed by atoms with Crippen LogP contribution in [0.25, 0.3) is 0 Å². The number of carbonyl (C=O) groups excluding carboxylic acids is 1. The Labute approximate surface area is 126 Å². The Morgan fingerprint density at radius 2 is 1.95 bits per heavy atom. The van der Waals surface area contributed by atoms with Gasteiger partial charge in [0.2, 0.25) is 5.91 Å². The summed E-state index contributed by atoms with van der Waals surface area (Å²) in [5.74, 6) is -3.44. The Morgan fingerprint density at radius 3 is 2.64 bits per heavy atom. The van der Waals surface area contributed by atoms with Crippen LogP contribution in [0.15, 0.2) is 18.2 Å². The second-order valence-electron chi connectivity index (χ2n) is 6.00. The van der Waals surface area contributed by atoms with Crippen LogP contribution >= 0.6 is 0 Å². The fourth-order valence-corrected chi connectivity index (χ4v) is 3.24. The van der Waals surface area contributed by atoms with Crippen molar-refractivity contribution < 1.29 is 23.5 Å². The zero-order chi connectivity index (χ0) is 15.9. The standard InChI is InChI=1S/C16H17F2NO3/c17-12-5-4-9(7-13(12)18)10-8-11(10)15(20)19-6-2-1-3-14(19)16(21)22/h4-5,7,10-11,14H,1-3,6,8H2,(H,21,22)/t10-,11-,14-/m0/s1. The molecule has 1 saturated carbocycles. The van der Waals surface area contributed by atoms with E-state index in [9.17, 15) is 23.5 Å². The summed E-state index contributed by atoms with van der Waals surface area (Å²) in [6.45, 7) is 0.455. The number of carboxylic acid groups (broad SMARTS) is 1. The van der Waals surface area contributed by atoms with E-state index in [-0.39, 0.29) is 17.7 Å². The van der Waals surface area contributed by atoms with Crippen molar-refractivity contribution >= 4 is 11.9 Å². The molecule has 22 heavy (non-hydrogen) atoms. The molecule has 3 rings (SSSR count). The summed E-state index contributed by atoms with van der Waals surface area (Å²) in [6, 6.07) is 2.91. The summed E-state index contributed by atoms with van der Waals surface area (Å²) in [5, 5.41) is 9.22. The van der Waals surface area contributed by atoms with Gasteiger partial charge in [0.15, 0.2) is 11.6 Å². The van der Waals surface area contributed by atoms with E-state index >= 15 is 0 Å². The predicted octanol–water partition coefficient (Wildman–Crippen LogP) is 2.53. The van der Waals surface area contributed by atoms with Gasteiger partial charge in [0.05, 0.1) is 0 Å². The molecule has 1 amide bonds. The van der Waals surface area contributed by atoms with Gasteiger partial charge in [0.1, 0.15) is 6.04 Å². The minimum Gasteiger partial charge on any atom is -0.480 e. The lowest BCUT2D eigenvalue weighted by Gasteiger charge is -2.33. The summed E-state index contributed by atoms with van der Waals surface area (Å²) in [5.41, 5.74) is 0.598. The molecule has 1 aromatic rings. The van der Waals surface area contributed by atoms with Crippen LogP contribution in [0.1, 0.15) is 37.2 Å². The SMILES string of the molecule is O=C(O)[C@@H]1CCCCN1C(=O)[C@H]1C[C@H]1c1ccc(F)c(F)c1. The molecule has 6 heteroatoms. The maximum Gasteiger partial charge on any atom is 0.326 e. The van der Waals surface area contributed by atoms with Gasteiger partial charge >= 0.3 is 5.97 Å². The summed E-state index contributed by atoms with van der Waals surface area (Å²) < 4.78 is 26.2. The Bertz CT molecular complexity index is 619. The highest BCUT2D eigenvalue weighted by Crippen LogP contribution is 2.49. The number of carbonyl (C=O) groups is 2. The molecule has 1 N–H and O–H groups in total. The molecule has 0 unspecified atom stereocenters. The van der Waals surface area contributed by atoms with Crippen molar-refractivity contribution in [1.82, 2.24) is 4.90 Å². The van der Waals surface area contributed by atoms with Gasteiger partial charge in [-0.1, -0.05) is 6.07 Å². The van der Waals surface area contributed by atoms with Crippen molar-refractivity contribution in [3.8, 4) is 0 Å². The molecule has 0 aromatic heterocycles. The molecule has 0 spiro atoms. The molecular weight excluding hydrogens is 292 g/mol. The quantitative estimate of drug-likeness (QED) is 0.933. The lowest BCUT2D eigenvalue weighted by Crippen LogP contribution is -2.48. The molecule has 1 aromatic carbocycles. The molecule has 0 bridgehead atoms. The van der Waals surface area contributed by atoms with Gasteiger partial charge in [0.25, 0.3) is 0 Å². The minimum absolute atomic E-state index is 0.140. The van der Waals surface area contributed by atoms with Gasteiger partial charge in [-0.2, -0.15) is 0 Å². The average molecular weight is 309 g/mol. The van der Waals surface area contributed by atoms with Crippen LogP contribution < -0.4 is 0 Å². The van der Waals surface area contributed by atoms with Gasteiger partial charge < -0.3 is 10.0 Å². The van der Waals surface area contributed by atoms with E-state index in [1.165, 1.54) is 11.0 Å². The van der Waals surface area contributed by atoms with Crippen molar-refractivity contribution in [3.05, 3.63) is 35.4 Å². The molecule has 4 nitrogen and oxygen atoms in total. The number of rotatable bonds is 3. The van der Waals surface area contributed by atoms with Crippen LogP contribution in [-0.4, -0.2) is 34.5 Å². The number of hydrogen-bond acceptors (Lipinski definition) is 2. The lowest BCUT2D eigenvalue weighted by atomic mass is 10.0. The molecule has 3 atom stereocenters. The topological polar surface area (TPSA) is 57.6 Å². The molecule has 2 aliphatic rings. The summed E-state index contributed by atoms with van der Waals surface area (Å²) in [4.78, 5) is 25.2. The summed E-state index contributed by atoms with van der Waals surface area (Å²) >= 11 is 0. The first-order chi connectivity index (χ1) is 10.5. The number of hydrogen-bond donors (Lipinski definition) is 1. The molecule has 118 valence electrons. The highest BCUT2D eigenvalue weighted by molar-refractivity contribution is 5.87. The highest BCUT2D eigenvalue weighted by atomic mass is 19.2. The summed E-state index contributed by atoms with van der Waals surface area (Å²) in [7, 11) is 0. The number of likely N-dealkylation sites (tertiary alicyclic amines) is 1. The first-order valence-corrected chi connectivity index (χ1v) is 7.47. The number of nitrogens with zero attached hydrogens (tertiary/aromatic N) is 1. The van der Waals surface area contributed by atoms with E-state index < -0.39 is 23.6 Å². The number of aliphatic carboxylic acids is 1. The number of carboxylic acids is 1. The number of amides is 1. The van der Waals surface area contributed by atoms with E-state index in [0.29, 0.717) is 24.9 Å². The largest absolute Gasteiger partial charge is 0.480 e. The maximum absolute atomic E-state index is 13.3. The van der Waals surface area contributed by atoms with Crippen LogP contribution in [0.5, 0.6) is 0 Å². The van der Waals surface area contributed by atoms with Gasteiger partial charge in [-0.25, -0.2) is 13.6 Å². The zero-order valence-electron chi connectivity index (χ0n) is 12.0. The van der Waals surface area contributed by atoms with Crippen LogP contribution in [-0.2, 0) is 9.59 Å². The van der Waals surface area contributed by atoms with E-state index in [4.69, 9.17) is 0 Å². The molecule has 2 fully saturated rings. The van der Waals surface area contributed by atoms with Crippen LogP contribution in [0, 0.1) is 17.6 Å². The fraction of sp³-hybridized carbons (Fsp3) is 0.500. The van der Waals surface area contributed by atoms with Crippen LogP contribution in [0.2, 0.25) is 0 Å². The van der Waals surface area contributed by atoms with E-state index in [2.05, 4.69) is 0 Å². The van der Waals surface area contributed by atoms with E-state index in [1.807, 2.05) is 0 Å². The monoisotopic (exact) mass is 309 g/mol. The van der Waals surface area contributed by atoms with Crippen molar-refractivity contribution in [2.45, 2.75) is 37.6 Å². The van der Waals surface area contributed by atoms with Crippen molar-refractivity contribution in [2.24, 2.45) is 5.92 Å². The summed E-state index contributed by atoms with van der Waals surface area (Å²) in [6.07, 6.45) is 2.65. The first kappa shape index (κ1) is 14.9. The molecule has 1 saturated heterocycles. The third-order valence-electron chi connectivity index (χ3n) is 4.55. The van der Waals surface area contributed by atoms with Gasteiger partial charge in [-0.15, -0.1) is 0 Å². The minimum atomic E-state index is -0.974. The Kier molecular flexibility index (Phi) is 3.85. The highest BCUT2D eigenvalue weighted by Gasteiger charge is 2.48. The Balaban J connectivity index is 1.71. The second-order valence-corrected chi connectivity index (χ2v) is 6.00. The molecule has 1 aliphatic heterocycles. The molecule has 1 aliphatic carbocycles. The predicted molar refractivity (Wildman–Crippen MR) is 74.2 cm³/mol. The van der Waals surface area contributed by atoms with Gasteiger partial charge in [-0.3, -0.25) is 4.79 Å². The van der Waals surface area contributed by atoms with Gasteiger partial charge in [-0.05, 0) is 49.3 Å². The Morgan fingerprint density at radius 1 is 1.18 bits per heavy atom. The zero-order valence-corrected chi connectivity index (χ0v) is 12.0. The smallest absolute Gasteiger partial charge is 0.326 e. The molecular formula is C16H17F2NO3. The van der Waals surface area contributed by atoms with Crippen LogP contribution in [0.3, 0.4) is 0 Å². The second kappa shape index (κ2) is 5.66. The van der Waals surface area contributed by atoms with Crippen molar-refractivity contribution in [2.75, 3.05) is 6.54 Å². The van der Waals surface area contributed by atoms with E-state index in [0.717, 1.165) is 25.0 Å². The maximum atomic E-state index is 13.3. The van der Waals surface area contributed by atoms with Crippen LogP contribution in [0.4, 0.5) is 8.78 Å². The lowest BCUT2D eigenvalue weighted by molar-refractivity contribution is -0.152. The third-order valence-corrected chi connectivity index (χ3v) is 4.55. The number of piperidine rings is 1. The van der Waals surface area contributed by atoms with E-state index in [1.54, 1.807) is 0 Å².